The van der Waals surface area contributed by atoms with E-state index < -0.39 is 5.91 Å². The predicted octanol–water partition coefficient (Wildman–Crippen LogP) is 0.720. The average molecular weight is 269 g/mol. The first-order valence-electron chi connectivity index (χ1n) is 7.14. The van der Waals surface area contributed by atoms with Crippen LogP contribution in [0.1, 0.15) is 40.0 Å². The lowest BCUT2D eigenvalue weighted by atomic mass is 9.77. The van der Waals surface area contributed by atoms with Crippen molar-refractivity contribution in [2.45, 2.75) is 46.1 Å². The number of carbonyl (C=O) groups excluding carboxylic acids is 2. The molecule has 0 radical (unpaired) electrons. The average Bonchev–Trinajstić information content (AvgIpc) is 2.26. The number of nitrogens with two attached hydrogens (primary N) is 2. The SMILES string of the molecule is CC(C)CN(CC(N)=O)C(=O)C1CCC(N)CC1C. The molecule has 0 heterocycles. The van der Waals surface area contributed by atoms with Crippen LogP contribution in [0.15, 0.2) is 0 Å². The van der Waals surface area contributed by atoms with E-state index in [2.05, 4.69) is 6.92 Å². The monoisotopic (exact) mass is 269 g/mol. The molecule has 0 spiro atoms. The number of hydrogen-bond donors (Lipinski definition) is 2. The van der Waals surface area contributed by atoms with Gasteiger partial charge in [-0.3, -0.25) is 9.59 Å². The Kier molecular flexibility index (Phi) is 5.79. The van der Waals surface area contributed by atoms with Crippen molar-refractivity contribution in [3.05, 3.63) is 0 Å². The van der Waals surface area contributed by atoms with E-state index in [9.17, 15) is 9.59 Å². The summed E-state index contributed by atoms with van der Waals surface area (Å²) >= 11 is 0. The molecule has 0 saturated heterocycles. The molecule has 1 saturated carbocycles. The lowest BCUT2D eigenvalue weighted by Gasteiger charge is -2.35. The maximum absolute atomic E-state index is 12.6. The largest absolute Gasteiger partial charge is 0.368 e. The van der Waals surface area contributed by atoms with E-state index >= 15 is 0 Å². The Bertz CT molecular complexity index is 331. The lowest BCUT2D eigenvalue weighted by Crippen LogP contribution is -2.47. The molecule has 5 heteroatoms. The lowest BCUT2D eigenvalue weighted by molar-refractivity contribution is -0.141. The third-order valence-corrected chi connectivity index (χ3v) is 3.77. The second kappa shape index (κ2) is 6.89. The van der Waals surface area contributed by atoms with Crippen LogP contribution in [0.5, 0.6) is 0 Å². The molecule has 0 bridgehead atoms. The highest BCUT2D eigenvalue weighted by molar-refractivity contribution is 5.85. The Balaban J connectivity index is 2.72. The molecule has 1 rings (SSSR count). The quantitative estimate of drug-likeness (QED) is 0.770. The molecule has 5 nitrogen and oxygen atoms in total. The Labute approximate surface area is 115 Å². The minimum atomic E-state index is -0.450. The second-order valence-corrected chi connectivity index (χ2v) is 6.24. The molecule has 4 N–H and O–H groups in total. The number of hydrogen-bond acceptors (Lipinski definition) is 3. The Hall–Kier alpha value is -1.10. The summed E-state index contributed by atoms with van der Waals surface area (Å²) in [6, 6.07) is 0.203. The normalized spacial score (nSPS) is 27.3. The summed E-state index contributed by atoms with van der Waals surface area (Å²) in [5.41, 5.74) is 11.2. The van der Waals surface area contributed by atoms with Crippen molar-refractivity contribution < 1.29 is 9.59 Å². The van der Waals surface area contributed by atoms with E-state index in [1.54, 1.807) is 4.90 Å². The van der Waals surface area contributed by atoms with Gasteiger partial charge in [0.2, 0.25) is 11.8 Å². The van der Waals surface area contributed by atoms with E-state index in [0.29, 0.717) is 12.5 Å². The summed E-state index contributed by atoms with van der Waals surface area (Å²) in [5.74, 6) is 0.196. The maximum Gasteiger partial charge on any atom is 0.237 e. The van der Waals surface area contributed by atoms with Gasteiger partial charge in [0.25, 0.3) is 0 Å². The highest BCUT2D eigenvalue weighted by Gasteiger charge is 2.34. The molecular formula is C14H27N3O2. The first-order valence-corrected chi connectivity index (χ1v) is 7.14. The molecule has 110 valence electrons. The van der Waals surface area contributed by atoms with E-state index in [-0.39, 0.29) is 30.3 Å². The van der Waals surface area contributed by atoms with E-state index in [4.69, 9.17) is 11.5 Å². The third-order valence-electron chi connectivity index (χ3n) is 3.77. The second-order valence-electron chi connectivity index (χ2n) is 6.24. The molecule has 19 heavy (non-hydrogen) atoms. The van der Waals surface area contributed by atoms with Crippen LogP contribution in [0.25, 0.3) is 0 Å². The zero-order valence-corrected chi connectivity index (χ0v) is 12.3. The van der Waals surface area contributed by atoms with Crippen LogP contribution < -0.4 is 11.5 Å². The van der Waals surface area contributed by atoms with Crippen LogP contribution in [-0.2, 0) is 9.59 Å². The molecule has 1 aliphatic carbocycles. The Morgan fingerprint density at radius 1 is 1.32 bits per heavy atom. The number of carbonyl (C=O) groups is 2. The van der Waals surface area contributed by atoms with E-state index in [0.717, 1.165) is 19.3 Å². The zero-order valence-electron chi connectivity index (χ0n) is 12.3. The number of primary amides is 1. The number of nitrogens with zero attached hydrogens (tertiary/aromatic N) is 1. The fourth-order valence-corrected chi connectivity index (χ4v) is 2.90. The topological polar surface area (TPSA) is 89.4 Å². The molecule has 0 aromatic rings. The minimum Gasteiger partial charge on any atom is -0.368 e. The van der Waals surface area contributed by atoms with Gasteiger partial charge in [-0.2, -0.15) is 0 Å². The summed E-state index contributed by atoms with van der Waals surface area (Å²) in [5, 5.41) is 0. The molecule has 0 aliphatic heterocycles. The number of amides is 2. The van der Waals surface area contributed by atoms with Gasteiger partial charge in [-0.25, -0.2) is 0 Å². The first kappa shape index (κ1) is 16.0. The molecule has 0 aromatic carbocycles. The first-order chi connectivity index (χ1) is 8.81. The molecule has 0 aromatic heterocycles. The van der Waals surface area contributed by atoms with Crippen molar-refractivity contribution >= 4 is 11.8 Å². The van der Waals surface area contributed by atoms with Gasteiger partial charge in [0.15, 0.2) is 0 Å². The fraction of sp³-hybridized carbons (Fsp3) is 0.857. The summed E-state index contributed by atoms with van der Waals surface area (Å²) in [4.78, 5) is 25.3. The van der Waals surface area contributed by atoms with Crippen molar-refractivity contribution in [3.63, 3.8) is 0 Å². The van der Waals surface area contributed by atoms with Gasteiger partial charge in [0, 0.05) is 18.5 Å². The Morgan fingerprint density at radius 2 is 1.95 bits per heavy atom. The van der Waals surface area contributed by atoms with Gasteiger partial charge >= 0.3 is 0 Å². The van der Waals surface area contributed by atoms with Crippen LogP contribution >= 0.6 is 0 Å². The third kappa shape index (κ3) is 4.82. The molecule has 2 amide bonds. The molecular weight excluding hydrogens is 242 g/mol. The van der Waals surface area contributed by atoms with E-state index in [1.165, 1.54) is 0 Å². The summed E-state index contributed by atoms with van der Waals surface area (Å²) in [7, 11) is 0. The standard InChI is InChI=1S/C14H27N3O2/c1-9(2)7-17(8-13(16)18)14(19)12-5-4-11(15)6-10(12)3/h9-12H,4-8,15H2,1-3H3,(H2,16,18). The van der Waals surface area contributed by atoms with Crippen LogP contribution in [0, 0.1) is 17.8 Å². The highest BCUT2D eigenvalue weighted by Crippen LogP contribution is 2.30. The summed E-state index contributed by atoms with van der Waals surface area (Å²) in [6.07, 6.45) is 2.57. The van der Waals surface area contributed by atoms with E-state index in [1.807, 2.05) is 13.8 Å². The van der Waals surface area contributed by atoms with Crippen LogP contribution in [0.3, 0.4) is 0 Å². The summed E-state index contributed by atoms with van der Waals surface area (Å²) < 4.78 is 0. The maximum atomic E-state index is 12.6. The van der Waals surface area contributed by atoms with Crippen LogP contribution in [0.4, 0.5) is 0 Å². The molecule has 3 unspecified atom stereocenters. The van der Waals surface area contributed by atoms with Gasteiger partial charge in [-0.1, -0.05) is 20.8 Å². The molecule has 1 aliphatic rings. The van der Waals surface area contributed by atoms with Crippen molar-refractivity contribution in [1.82, 2.24) is 4.90 Å². The van der Waals surface area contributed by atoms with Crippen molar-refractivity contribution in [2.75, 3.05) is 13.1 Å². The number of rotatable bonds is 5. The Morgan fingerprint density at radius 3 is 2.42 bits per heavy atom. The highest BCUT2D eigenvalue weighted by atomic mass is 16.2. The fourth-order valence-electron chi connectivity index (χ4n) is 2.90. The van der Waals surface area contributed by atoms with Crippen molar-refractivity contribution in [2.24, 2.45) is 29.2 Å². The van der Waals surface area contributed by atoms with Crippen LogP contribution in [0.2, 0.25) is 0 Å². The van der Waals surface area contributed by atoms with Crippen molar-refractivity contribution in [3.8, 4) is 0 Å². The zero-order chi connectivity index (χ0) is 14.6. The molecule has 1 fully saturated rings. The molecule has 3 atom stereocenters. The van der Waals surface area contributed by atoms with Gasteiger partial charge in [-0.05, 0) is 31.1 Å². The minimum absolute atomic E-state index is 0.0158. The van der Waals surface area contributed by atoms with Gasteiger partial charge < -0.3 is 16.4 Å². The predicted molar refractivity (Wildman–Crippen MR) is 75.1 cm³/mol. The van der Waals surface area contributed by atoms with Gasteiger partial charge in [0.05, 0.1) is 6.54 Å². The van der Waals surface area contributed by atoms with Crippen molar-refractivity contribution in [1.29, 1.82) is 0 Å². The van der Waals surface area contributed by atoms with Crippen LogP contribution in [-0.4, -0.2) is 35.8 Å². The van der Waals surface area contributed by atoms with Gasteiger partial charge in [-0.15, -0.1) is 0 Å². The van der Waals surface area contributed by atoms with Gasteiger partial charge in [0.1, 0.15) is 0 Å². The smallest absolute Gasteiger partial charge is 0.237 e. The summed E-state index contributed by atoms with van der Waals surface area (Å²) in [6.45, 7) is 6.73.